The number of benzene rings is 2. The lowest BCUT2D eigenvalue weighted by atomic mass is 10.1. The number of halogens is 3. The van der Waals surface area contributed by atoms with Gasteiger partial charge in [-0.25, -0.2) is 4.39 Å². The van der Waals surface area contributed by atoms with Crippen LogP contribution >= 0.6 is 0 Å². The monoisotopic (exact) mass is 295 g/mol. The quantitative estimate of drug-likeness (QED) is 0.785. The third kappa shape index (κ3) is 5.11. The van der Waals surface area contributed by atoms with Crippen LogP contribution in [0.4, 0.5) is 13.2 Å². The SMILES string of the molecule is Fc1ccc(CCNCc2ccccc2OC(F)F)cc1. The standard InChI is InChI=1S/C16H16F3NO/c17-14-7-5-12(6-8-14)9-10-20-11-13-3-1-2-4-15(13)21-16(18)19/h1-8,16,20H,9-11H2. The van der Waals surface area contributed by atoms with Gasteiger partial charge in [0.15, 0.2) is 0 Å². The van der Waals surface area contributed by atoms with Crippen molar-refractivity contribution in [2.24, 2.45) is 0 Å². The minimum atomic E-state index is -2.83. The Balaban J connectivity index is 1.82. The number of hydrogen-bond acceptors (Lipinski definition) is 2. The second kappa shape index (κ2) is 7.69. The predicted molar refractivity (Wildman–Crippen MR) is 74.9 cm³/mol. The van der Waals surface area contributed by atoms with Crippen molar-refractivity contribution >= 4 is 0 Å². The normalized spacial score (nSPS) is 10.9. The Labute approximate surface area is 121 Å². The molecule has 112 valence electrons. The van der Waals surface area contributed by atoms with E-state index in [0.29, 0.717) is 18.7 Å². The zero-order valence-electron chi connectivity index (χ0n) is 11.4. The highest BCUT2D eigenvalue weighted by Gasteiger charge is 2.08. The van der Waals surface area contributed by atoms with E-state index >= 15 is 0 Å². The van der Waals surface area contributed by atoms with Crippen LogP contribution < -0.4 is 10.1 Å². The Morgan fingerprint density at radius 1 is 1.00 bits per heavy atom. The average molecular weight is 295 g/mol. The van der Waals surface area contributed by atoms with Crippen LogP contribution in [0.15, 0.2) is 48.5 Å². The molecular weight excluding hydrogens is 279 g/mol. The average Bonchev–Trinajstić information content (AvgIpc) is 2.46. The maximum Gasteiger partial charge on any atom is 0.387 e. The summed E-state index contributed by atoms with van der Waals surface area (Å²) in [5.74, 6) is -0.0773. The first-order valence-corrected chi connectivity index (χ1v) is 6.63. The van der Waals surface area contributed by atoms with E-state index in [-0.39, 0.29) is 11.6 Å². The Morgan fingerprint density at radius 3 is 2.43 bits per heavy atom. The van der Waals surface area contributed by atoms with Gasteiger partial charge in [0.2, 0.25) is 0 Å². The molecule has 0 amide bonds. The number of hydrogen-bond donors (Lipinski definition) is 1. The Morgan fingerprint density at radius 2 is 1.71 bits per heavy atom. The summed E-state index contributed by atoms with van der Waals surface area (Å²) < 4.78 is 41.8. The molecule has 0 saturated carbocycles. The fourth-order valence-corrected chi connectivity index (χ4v) is 1.97. The Bertz CT molecular complexity index is 558. The summed E-state index contributed by atoms with van der Waals surface area (Å²) >= 11 is 0. The van der Waals surface area contributed by atoms with Crippen LogP contribution in [-0.2, 0) is 13.0 Å². The summed E-state index contributed by atoms with van der Waals surface area (Å²) in [6, 6.07) is 13.0. The molecule has 0 aliphatic heterocycles. The first-order valence-electron chi connectivity index (χ1n) is 6.63. The highest BCUT2D eigenvalue weighted by atomic mass is 19.3. The van der Waals surface area contributed by atoms with Crippen molar-refractivity contribution in [1.82, 2.24) is 5.32 Å². The highest BCUT2D eigenvalue weighted by molar-refractivity contribution is 5.33. The fourth-order valence-electron chi connectivity index (χ4n) is 1.97. The number of nitrogens with one attached hydrogen (secondary N) is 1. The molecule has 0 aliphatic rings. The first-order chi connectivity index (χ1) is 10.1. The fraction of sp³-hybridized carbons (Fsp3) is 0.250. The molecular formula is C16H16F3NO. The van der Waals surface area contributed by atoms with E-state index in [1.807, 2.05) is 0 Å². The molecule has 0 saturated heterocycles. The van der Waals surface area contributed by atoms with Gasteiger partial charge in [0.1, 0.15) is 11.6 Å². The summed E-state index contributed by atoms with van der Waals surface area (Å²) in [5.41, 5.74) is 1.69. The molecule has 0 bridgehead atoms. The molecule has 21 heavy (non-hydrogen) atoms. The van der Waals surface area contributed by atoms with Crippen LogP contribution in [0.2, 0.25) is 0 Å². The molecule has 5 heteroatoms. The number of ether oxygens (including phenoxy) is 1. The molecule has 0 spiro atoms. The molecule has 2 aromatic carbocycles. The van der Waals surface area contributed by atoms with Gasteiger partial charge in [0.05, 0.1) is 0 Å². The summed E-state index contributed by atoms with van der Waals surface area (Å²) in [5, 5.41) is 3.16. The second-order valence-electron chi connectivity index (χ2n) is 4.54. The van der Waals surface area contributed by atoms with E-state index < -0.39 is 6.61 Å². The highest BCUT2D eigenvalue weighted by Crippen LogP contribution is 2.19. The zero-order valence-corrected chi connectivity index (χ0v) is 11.4. The van der Waals surface area contributed by atoms with Crippen LogP contribution in [-0.4, -0.2) is 13.2 Å². The molecule has 0 atom stereocenters. The van der Waals surface area contributed by atoms with Gasteiger partial charge >= 0.3 is 6.61 Å². The van der Waals surface area contributed by atoms with E-state index in [2.05, 4.69) is 10.1 Å². The van der Waals surface area contributed by atoms with Gasteiger partial charge in [0.25, 0.3) is 0 Å². The summed E-state index contributed by atoms with van der Waals surface area (Å²) in [6.45, 7) is -1.73. The summed E-state index contributed by atoms with van der Waals surface area (Å²) in [7, 11) is 0. The minimum absolute atomic E-state index is 0.182. The summed E-state index contributed by atoms with van der Waals surface area (Å²) in [6.07, 6.45) is 0.734. The molecule has 0 aliphatic carbocycles. The second-order valence-corrected chi connectivity index (χ2v) is 4.54. The number of para-hydroxylation sites is 1. The van der Waals surface area contributed by atoms with Gasteiger partial charge in [-0.05, 0) is 36.7 Å². The lowest BCUT2D eigenvalue weighted by molar-refractivity contribution is -0.0504. The van der Waals surface area contributed by atoms with Gasteiger partial charge in [-0.1, -0.05) is 30.3 Å². The zero-order chi connectivity index (χ0) is 15.1. The smallest absolute Gasteiger partial charge is 0.387 e. The van der Waals surface area contributed by atoms with Crippen LogP contribution in [0.1, 0.15) is 11.1 Å². The van der Waals surface area contributed by atoms with Gasteiger partial charge < -0.3 is 10.1 Å². The van der Waals surface area contributed by atoms with Crippen LogP contribution in [0.5, 0.6) is 5.75 Å². The van der Waals surface area contributed by atoms with Crippen molar-refractivity contribution in [3.05, 3.63) is 65.5 Å². The van der Waals surface area contributed by atoms with Gasteiger partial charge in [-0.2, -0.15) is 8.78 Å². The van der Waals surface area contributed by atoms with Crippen molar-refractivity contribution in [2.45, 2.75) is 19.6 Å². The molecule has 0 heterocycles. The molecule has 0 fully saturated rings. The predicted octanol–water partition coefficient (Wildman–Crippen LogP) is 3.76. The largest absolute Gasteiger partial charge is 0.434 e. The van der Waals surface area contributed by atoms with Crippen molar-refractivity contribution in [1.29, 1.82) is 0 Å². The molecule has 1 N–H and O–H groups in total. The maximum atomic E-state index is 12.8. The van der Waals surface area contributed by atoms with Crippen LogP contribution in [0.25, 0.3) is 0 Å². The van der Waals surface area contributed by atoms with E-state index in [1.165, 1.54) is 18.2 Å². The van der Waals surface area contributed by atoms with Gasteiger partial charge in [-0.15, -0.1) is 0 Å². The maximum absolute atomic E-state index is 12.8. The van der Waals surface area contributed by atoms with Crippen molar-refractivity contribution in [3.63, 3.8) is 0 Å². The topological polar surface area (TPSA) is 21.3 Å². The molecule has 2 rings (SSSR count). The third-order valence-electron chi connectivity index (χ3n) is 3.01. The van der Waals surface area contributed by atoms with E-state index in [1.54, 1.807) is 30.3 Å². The molecule has 2 aromatic rings. The van der Waals surface area contributed by atoms with Crippen LogP contribution in [0.3, 0.4) is 0 Å². The first kappa shape index (κ1) is 15.4. The lowest BCUT2D eigenvalue weighted by Crippen LogP contribution is -2.17. The van der Waals surface area contributed by atoms with Gasteiger partial charge in [-0.3, -0.25) is 0 Å². The minimum Gasteiger partial charge on any atom is -0.434 e. The molecule has 0 radical (unpaired) electrons. The van der Waals surface area contributed by atoms with E-state index in [9.17, 15) is 13.2 Å². The number of rotatable bonds is 7. The Kier molecular flexibility index (Phi) is 5.63. The Hall–Kier alpha value is -2.01. The molecule has 0 aromatic heterocycles. The molecule has 2 nitrogen and oxygen atoms in total. The lowest BCUT2D eigenvalue weighted by Gasteiger charge is -2.11. The van der Waals surface area contributed by atoms with Crippen molar-refractivity contribution < 1.29 is 17.9 Å². The van der Waals surface area contributed by atoms with Crippen molar-refractivity contribution in [3.8, 4) is 5.75 Å². The third-order valence-corrected chi connectivity index (χ3v) is 3.01. The van der Waals surface area contributed by atoms with Crippen molar-refractivity contribution in [2.75, 3.05) is 6.54 Å². The van der Waals surface area contributed by atoms with E-state index in [4.69, 9.17) is 0 Å². The molecule has 0 unspecified atom stereocenters. The number of alkyl halides is 2. The van der Waals surface area contributed by atoms with E-state index in [0.717, 1.165) is 12.0 Å². The summed E-state index contributed by atoms with van der Waals surface area (Å²) in [4.78, 5) is 0. The van der Waals surface area contributed by atoms with Gasteiger partial charge in [0, 0.05) is 12.1 Å². The van der Waals surface area contributed by atoms with Crippen LogP contribution in [0, 0.1) is 5.82 Å².